The minimum Gasteiger partial charge on any atom is -0.497 e. The number of rotatable bonds is 5. The van der Waals surface area contributed by atoms with E-state index in [0.29, 0.717) is 11.4 Å². The molecule has 2 aromatic heterocycles. The van der Waals surface area contributed by atoms with Crippen LogP contribution >= 0.6 is 12.4 Å². The predicted molar refractivity (Wildman–Crippen MR) is 112 cm³/mol. The molecule has 0 aliphatic rings. The van der Waals surface area contributed by atoms with Gasteiger partial charge in [-0.2, -0.15) is 0 Å². The van der Waals surface area contributed by atoms with Crippen molar-refractivity contribution in [2.24, 2.45) is 0 Å². The molecule has 2 aromatic carbocycles. The zero-order valence-corrected chi connectivity index (χ0v) is 16.2. The highest BCUT2D eigenvalue weighted by atomic mass is 35.5. The molecule has 0 radical (unpaired) electrons. The molecule has 0 spiro atoms. The van der Waals surface area contributed by atoms with Crippen LogP contribution in [0.1, 0.15) is 15.9 Å². The number of carbonyl (C=O) groups excluding carboxylic acids is 1. The zero-order chi connectivity index (χ0) is 18.8. The first-order valence-corrected chi connectivity index (χ1v) is 8.49. The summed E-state index contributed by atoms with van der Waals surface area (Å²) in [5.41, 5.74) is 5.16. The molecule has 4 rings (SSSR count). The number of ether oxygens (including phenoxy) is 1. The van der Waals surface area contributed by atoms with Gasteiger partial charge in [-0.25, -0.2) is 9.97 Å². The van der Waals surface area contributed by atoms with Crippen LogP contribution in [0.25, 0.3) is 16.9 Å². The topological polar surface area (TPSA) is 68.5 Å². The molecule has 0 amide bonds. The summed E-state index contributed by atoms with van der Waals surface area (Å²) >= 11 is 0. The van der Waals surface area contributed by atoms with Crippen LogP contribution in [-0.4, -0.2) is 27.8 Å². The van der Waals surface area contributed by atoms with E-state index in [4.69, 9.17) is 4.74 Å². The standard InChI is InChI=1S/C21H18N4O2.ClH/c1-14-11-17(6-3-16(14)13-26)24-20-21-23-12-19(25(21)10-9-22-20)15-4-7-18(27-2)8-5-15;/h3-13H,1-2H3,(H,22,24);1H. The second-order valence-corrected chi connectivity index (χ2v) is 6.16. The summed E-state index contributed by atoms with van der Waals surface area (Å²) in [7, 11) is 1.65. The van der Waals surface area contributed by atoms with E-state index in [0.717, 1.165) is 40.2 Å². The third-order valence-corrected chi connectivity index (χ3v) is 4.47. The summed E-state index contributed by atoms with van der Waals surface area (Å²) in [4.78, 5) is 20.0. The van der Waals surface area contributed by atoms with Crippen LogP contribution in [0, 0.1) is 6.92 Å². The molecule has 0 saturated carbocycles. The smallest absolute Gasteiger partial charge is 0.180 e. The van der Waals surface area contributed by atoms with E-state index in [1.165, 1.54) is 0 Å². The van der Waals surface area contributed by atoms with Crippen LogP contribution in [0.5, 0.6) is 5.75 Å². The molecule has 0 atom stereocenters. The van der Waals surface area contributed by atoms with Gasteiger partial charge in [0.05, 0.1) is 19.0 Å². The maximum absolute atomic E-state index is 11.0. The third kappa shape index (κ3) is 3.54. The van der Waals surface area contributed by atoms with E-state index in [9.17, 15) is 4.79 Å². The lowest BCUT2D eigenvalue weighted by molar-refractivity contribution is 0.112. The molecule has 0 aliphatic heterocycles. The van der Waals surface area contributed by atoms with Gasteiger partial charge in [-0.3, -0.25) is 9.20 Å². The number of aldehydes is 1. The van der Waals surface area contributed by atoms with Crippen LogP contribution in [0.2, 0.25) is 0 Å². The van der Waals surface area contributed by atoms with Gasteiger partial charge in [0.2, 0.25) is 0 Å². The number of fused-ring (bicyclic) bond motifs is 1. The summed E-state index contributed by atoms with van der Waals surface area (Å²) in [6, 6.07) is 13.4. The molecule has 0 bridgehead atoms. The van der Waals surface area contributed by atoms with Crippen molar-refractivity contribution in [1.82, 2.24) is 14.4 Å². The van der Waals surface area contributed by atoms with Crippen LogP contribution in [-0.2, 0) is 0 Å². The molecule has 0 fully saturated rings. The molecule has 142 valence electrons. The first-order chi connectivity index (χ1) is 13.2. The molecule has 0 aliphatic carbocycles. The van der Waals surface area contributed by atoms with E-state index in [2.05, 4.69) is 15.3 Å². The van der Waals surface area contributed by atoms with Crippen LogP contribution in [0.15, 0.2) is 61.1 Å². The summed E-state index contributed by atoms with van der Waals surface area (Å²) in [6.45, 7) is 1.90. The summed E-state index contributed by atoms with van der Waals surface area (Å²) in [6.07, 6.45) is 6.29. The fraction of sp³-hybridized carbons (Fsp3) is 0.0952. The number of nitrogens with one attached hydrogen (secondary N) is 1. The number of hydrogen-bond acceptors (Lipinski definition) is 5. The number of halogens is 1. The Bertz CT molecular complexity index is 1120. The van der Waals surface area contributed by atoms with Crippen molar-refractivity contribution < 1.29 is 9.53 Å². The van der Waals surface area contributed by atoms with Crippen molar-refractivity contribution >= 4 is 35.8 Å². The Morgan fingerprint density at radius 3 is 2.57 bits per heavy atom. The van der Waals surface area contributed by atoms with Crippen molar-refractivity contribution in [2.45, 2.75) is 6.92 Å². The lowest BCUT2D eigenvalue weighted by Crippen LogP contribution is -1.99. The number of nitrogens with zero attached hydrogens (tertiary/aromatic N) is 3. The van der Waals surface area contributed by atoms with Crippen LogP contribution in [0.4, 0.5) is 11.5 Å². The van der Waals surface area contributed by atoms with Crippen molar-refractivity contribution in [1.29, 1.82) is 0 Å². The molecule has 1 N–H and O–H groups in total. The Labute approximate surface area is 168 Å². The number of carbonyl (C=O) groups is 1. The molecular weight excluding hydrogens is 376 g/mol. The van der Waals surface area contributed by atoms with E-state index < -0.39 is 0 Å². The highest BCUT2D eigenvalue weighted by Gasteiger charge is 2.11. The number of aromatic nitrogens is 3. The van der Waals surface area contributed by atoms with Gasteiger partial charge in [-0.15, -0.1) is 12.4 Å². The predicted octanol–water partition coefficient (Wildman–Crippen LogP) is 4.69. The number of methoxy groups -OCH3 is 1. The largest absolute Gasteiger partial charge is 0.497 e. The fourth-order valence-corrected chi connectivity index (χ4v) is 3.01. The van der Waals surface area contributed by atoms with Gasteiger partial charge < -0.3 is 10.1 Å². The monoisotopic (exact) mass is 394 g/mol. The van der Waals surface area contributed by atoms with Gasteiger partial charge in [0.15, 0.2) is 11.5 Å². The number of anilines is 2. The molecular formula is C21H19ClN4O2. The Balaban J connectivity index is 0.00000225. The summed E-state index contributed by atoms with van der Waals surface area (Å²) in [5.74, 6) is 1.46. The summed E-state index contributed by atoms with van der Waals surface area (Å²) < 4.78 is 7.21. The van der Waals surface area contributed by atoms with E-state index in [1.807, 2.05) is 60.1 Å². The second kappa shape index (κ2) is 8.10. The normalized spacial score (nSPS) is 10.4. The molecule has 2 heterocycles. The van der Waals surface area contributed by atoms with Crippen molar-refractivity contribution in [3.63, 3.8) is 0 Å². The van der Waals surface area contributed by atoms with Gasteiger partial charge in [0.25, 0.3) is 0 Å². The maximum atomic E-state index is 11.0. The number of aryl methyl sites for hydroxylation is 1. The van der Waals surface area contributed by atoms with Gasteiger partial charge in [-0.1, -0.05) is 0 Å². The Hall–Kier alpha value is -3.38. The average Bonchev–Trinajstić information content (AvgIpc) is 3.13. The molecule has 0 saturated heterocycles. The van der Waals surface area contributed by atoms with Gasteiger partial charge >= 0.3 is 0 Å². The van der Waals surface area contributed by atoms with E-state index in [-0.39, 0.29) is 12.4 Å². The Morgan fingerprint density at radius 2 is 1.89 bits per heavy atom. The van der Waals surface area contributed by atoms with Crippen LogP contribution < -0.4 is 10.1 Å². The number of benzene rings is 2. The maximum Gasteiger partial charge on any atom is 0.180 e. The Morgan fingerprint density at radius 1 is 1.11 bits per heavy atom. The fourth-order valence-electron chi connectivity index (χ4n) is 3.01. The van der Waals surface area contributed by atoms with Gasteiger partial charge in [0, 0.05) is 29.2 Å². The van der Waals surface area contributed by atoms with Crippen molar-refractivity contribution in [3.8, 4) is 17.0 Å². The molecule has 28 heavy (non-hydrogen) atoms. The number of hydrogen-bond donors (Lipinski definition) is 1. The highest BCUT2D eigenvalue weighted by molar-refractivity contribution is 5.85. The first kappa shape index (κ1) is 19.4. The average molecular weight is 395 g/mol. The summed E-state index contributed by atoms with van der Waals surface area (Å²) in [5, 5.41) is 3.29. The molecule has 6 nitrogen and oxygen atoms in total. The van der Waals surface area contributed by atoms with Crippen molar-refractivity contribution in [2.75, 3.05) is 12.4 Å². The SMILES string of the molecule is COc1ccc(-c2cnc3c(Nc4ccc(C=O)c(C)c4)nccn23)cc1.Cl. The van der Waals surface area contributed by atoms with E-state index in [1.54, 1.807) is 19.4 Å². The molecule has 4 aromatic rings. The Kier molecular flexibility index (Phi) is 5.61. The molecule has 0 unspecified atom stereocenters. The minimum atomic E-state index is 0. The second-order valence-electron chi connectivity index (χ2n) is 6.16. The first-order valence-electron chi connectivity index (χ1n) is 8.49. The quantitative estimate of drug-likeness (QED) is 0.497. The van der Waals surface area contributed by atoms with Gasteiger partial charge in [-0.05, 0) is 55.0 Å². The lowest BCUT2D eigenvalue weighted by Gasteiger charge is -2.09. The third-order valence-electron chi connectivity index (χ3n) is 4.47. The number of imidazole rings is 1. The van der Waals surface area contributed by atoms with E-state index >= 15 is 0 Å². The minimum absolute atomic E-state index is 0. The van der Waals surface area contributed by atoms with Crippen molar-refractivity contribution in [3.05, 3.63) is 72.2 Å². The molecule has 7 heteroatoms. The van der Waals surface area contributed by atoms with Gasteiger partial charge in [0.1, 0.15) is 12.0 Å². The zero-order valence-electron chi connectivity index (χ0n) is 15.4. The highest BCUT2D eigenvalue weighted by Crippen LogP contribution is 2.27. The van der Waals surface area contributed by atoms with Crippen LogP contribution in [0.3, 0.4) is 0 Å². The lowest BCUT2D eigenvalue weighted by atomic mass is 10.1.